The van der Waals surface area contributed by atoms with E-state index in [1.807, 2.05) is 24.3 Å². The van der Waals surface area contributed by atoms with Gasteiger partial charge >= 0.3 is 5.97 Å². The van der Waals surface area contributed by atoms with Crippen LogP contribution in [0.15, 0.2) is 24.3 Å². The van der Waals surface area contributed by atoms with Crippen molar-refractivity contribution >= 4 is 11.7 Å². The summed E-state index contributed by atoms with van der Waals surface area (Å²) in [5.41, 5.74) is 6.65. The van der Waals surface area contributed by atoms with E-state index < -0.39 is 17.6 Å². The molecule has 4 N–H and O–H groups in total. The summed E-state index contributed by atoms with van der Waals surface area (Å²) in [5, 5.41) is 12.2. The summed E-state index contributed by atoms with van der Waals surface area (Å²) in [6, 6.07) is 6.62. The molecule has 1 aromatic carbocycles. The van der Waals surface area contributed by atoms with Crippen molar-refractivity contribution in [1.29, 1.82) is 0 Å². The summed E-state index contributed by atoms with van der Waals surface area (Å²) < 4.78 is 11.1. The first-order valence-corrected chi connectivity index (χ1v) is 5.73. The Morgan fingerprint density at radius 3 is 3.17 bits per heavy atom. The van der Waals surface area contributed by atoms with E-state index in [2.05, 4.69) is 5.32 Å². The van der Waals surface area contributed by atoms with Crippen LogP contribution in [0.2, 0.25) is 0 Å². The number of nitrogens with one attached hydrogen (secondary N) is 1. The lowest BCUT2D eigenvalue weighted by atomic mass is 9.88. The van der Waals surface area contributed by atoms with E-state index in [1.54, 1.807) is 0 Å². The minimum absolute atomic E-state index is 0.137. The van der Waals surface area contributed by atoms with Crippen molar-refractivity contribution in [2.24, 2.45) is 5.73 Å². The molecule has 3 atom stereocenters. The van der Waals surface area contributed by atoms with Crippen LogP contribution in [0.1, 0.15) is 12.0 Å². The predicted octanol–water partition coefficient (Wildman–Crippen LogP) is 0.440. The van der Waals surface area contributed by atoms with Crippen molar-refractivity contribution in [3.63, 3.8) is 0 Å². The Morgan fingerprint density at radius 1 is 1.61 bits per heavy atom. The molecule has 0 radical (unpaired) electrons. The number of ether oxygens (including phenoxy) is 2. The van der Waals surface area contributed by atoms with Gasteiger partial charge in [0, 0.05) is 17.7 Å². The molecule has 1 unspecified atom stereocenters. The van der Waals surface area contributed by atoms with E-state index in [-0.39, 0.29) is 19.4 Å². The SMILES string of the molecule is NC(C[C@@]12OCO[C@@H]1Nc1ccccc12)C(=O)O. The minimum Gasteiger partial charge on any atom is -0.480 e. The van der Waals surface area contributed by atoms with Gasteiger partial charge < -0.3 is 25.6 Å². The Labute approximate surface area is 104 Å². The molecular formula is C12H14N2O4. The third-order valence-electron chi connectivity index (χ3n) is 3.48. The van der Waals surface area contributed by atoms with Crippen LogP contribution in [0, 0.1) is 0 Å². The number of rotatable bonds is 3. The number of nitrogens with two attached hydrogens (primary N) is 1. The fourth-order valence-electron chi connectivity index (χ4n) is 2.60. The second kappa shape index (κ2) is 3.94. The van der Waals surface area contributed by atoms with Crippen LogP contribution < -0.4 is 11.1 Å². The Bertz CT molecular complexity index is 493. The molecule has 0 bridgehead atoms. The molecule has 0 amide bonds. The number of hydrogen-bond acceptors (Lipinski definition) is 5. The molecule has 1 aromatic rings. The molecule has 2 heterocycles. The number of fused-ring (bicyclic) bond motifs is 3. The fourth-order valence-corrected chi connectivity index (χ4v) is 2.60. The van der Waals surface area contributed by atoms with E-state index >= 15 is 0 Å². The molecule has 2 aliphatic rings. The lowest BCUT2D eigenvalue weighted by Gasteiger charge is -2.28. The summed E-state index contributed by atoms with van der Waals surface area (Å²) in [6.07, 6.45) is -0.197. The van der Waals surface area contributed by atoms with Gasteiger partial charge in [-0.15, -0.1) is 0 Å². The Kier molecular flexibility index (Phi) is 2.51. The molecule has 0 saturated carbocycles. The fraction of sp³-hybridized carbons (Fsp3) is 0.417. The van der Waals surface area contributed by atoms with E-state index in [9.17, 15) is 4.79 Å². The molecular weight excluding hydrogens is 236 g/mol. The monoisotopic (exact) mass is 250 g/mol. The lowest BCUT2D eigenvalue weighted by Crippen LogP contribution is -2.44. The van der Waals surface area contributed by atoms with Gasteiger partial charge in [0.15, 0.2) is 13.0 Å². The van der Waals surface area contributed by atoms with Crippen molar-refractivity contribution in [2.45, 2.75) is 24.3 Å². The Morgan fingerprint density at radius 2 is 2.39 bits per heavy atom. The average molecular weight is 250 g/mol. The van der Waals surface area contributed by atoms with Gasteiger partial charge in [-0.05, 0) is 6.07 Å². The Hall–Kier alpha value is -1.63. The highest BCUT2D eigenvalue weighted by atomic mass is 16.7. The number of carboxylic acid groups (broad SMARTS) is 1. The third-order valence-corrected chi connectivity index (χ3v) is 3.48. The quantitative estimate of drug-likeness (QED) is 0.720. The number of carboxylic acids is 1. The van der Waals surface area contributed by atoms with Crippen LogP contribution in [0.4, 0.5) is 5.69 Å². The van der Waals surface area contributed by atoms with Crippen LogP contribution in [0.3, 0.4) is 0 Å². The normalized spacial score (nSPS) is 30.4. The third kappa shape index (κ3) is 1.50. The molecule has 96 valence electrons. The first-order chi connectivity index (χ1) is 8.63. The van der Waals surface area contributed by atoms with Crippen LogP contribution in [0.5, 0.6) is 0 Å². The zero-order valence-corrected chi connectivity index (χ0v) is 9.63. The largest absolute Gasteiger partial charge is 0.480 e. The molecule has 0 aromatic heterocycles. The molecule has 6 nitrogen and oxygen atoms in total. The summed E-state index contributed by atoms with van der Waals surface area (Å²) in [5.74, 6) is -1.04. The average Bonchev–Trinajstić information content (AvgIpc) is 2.84. The van der Waals surface area contributed by atoms with Crippen molar-refractivity contribution in [1.82, 2.24) is 0 Å². The highest BCUT2D eigenvalue weighted by Gasteiger charge is 2.54. The van der Waals surface area contributed by atoms with Gasteiger partial charge in [0.25, 0.3) is 0 Å². The number of para-hydroxylation sites is 1. The van der Waals surface area contributed by atoms with Crippen LogP contribution >= 0.6 is 0 Å². The highest BCUT2D eigenvalue weighted by Crippen LogP contribution is 2.48. The van der Waals surface area contributed by atoms with Gasteiger partial charge in [0.1, 0.15) is 11.6 Å². The zero-order valence-electron chi connectivity index (χ0n) is 9.63. The van der Waals surface area contributed by atoms with Crippen LogP contribution in [-0.2, 0) is 19.9 Å². The minimum atomic E-state index is -1.04. The van der Waals surface area contributed by atoms with E-state index in [0.717, 1.165) is 11.3 Å². The van der Waals surface area contributed by atoms with Crippen molar-refractivity contribution < 1.29 is 19.4 Å². The smallest absolute Gasteiger partial charge is 0.320 e. The molecule has 3 rings (SSSR count). The number of carbonyl (C=O) groups is 1. The summed E-state index contributed by atoms with van der Waals surface area (Å²) in [6.45, 7) is 0.137. The van der Waals surface area contributed by atoms with Gasteiger partial charge in [-0.2, -0.15) is 0 Å². The standard InChI is InChI=1S/C12H14N2O4/c13-8(10(15)16)5-12-7-3-1-2-4-9(7)14-11(12)17-6-18-12/h1-4,8,11,14H,5-6,13H2,(H,15,16)/t8?,11-,12-/m0/s1. The van der Waals surface area contributed by atoms with Crippen molar-refractivity contribution in [3.8, 4) is 0 Å². The van der Waals surface area contributed by atoms with E-state index in [4.69, 9.17) is 20.3 Å². The molecule has 18 heavy (non-hydrogen) atoms. The topological polar surface area (TPSA) is 93.8 Å². The molecule has 6 heteroatoms. The van der Waals surface area contributed by atoms with Crippen LogP contribution in [0.25, 0.3) is 0 Å². The predicted molar refractivity (Wildman–Crippen MR) is 62.8 cm³/mol. The zero-order chi connectivity index (χ0) is 12.8. The van der Waals surface area contributed by atoms with Crippen LogP contribution in [-0.4, -0.2) is 30.1 Å². The Balaban J connectivity index is 1.99. The van der Waals surface area contributed by atoms with Gasteiger partial charge in [-0.1, -0.05) is 18.2 Å². The second-order valence-electron chi connectivity index (χ2n) is 4.54. The molecule has 0 aliphatic carbocycles. The number of benzene rings is 1. The van der Waals surface area contributed by atoms with Crippen molar-refractivity contribution in [2.75, 3.05) is 12.1 Å². The summed E-state index contributed by atoms with van der Waals surface area (Å²) >= 11 is 0. The van der Waals surface area contributed by atoms with E-state index in [0.29, 0.717) is 0 Å². The number of anilines is 1. The van der Waals surface area contributed by atoms with Gasteiger partial charge in [-0.25, -0.2) is 0 Å². The summed E-state index contributed by atoms with van der Waals surface area (Å²) in [7, 11) is 0. The maximum atomic E-state index is 10.9. The maximum Gasteiger partial charge on any atom is 0.320 e. The summed E-state index contributed by atoms with van der Waals surface area (Å²) in [4.78, 5) is 10.9. The van der Waals surface area contributed by atoms with Gasteiger partial charge in [0.2, 0.25) is 0 Å². The first-order valence-electron chi connectivity index (χ1n) is 5.73. The van der Waals surface area contributed by atoms with Gasteiger partial charge in [-0.3, -0.25) is 4.79 Å². The highest BCUT2D eigenvalue weighted by molar-refractivity contribution is 5.74. The molecule has 1 fully saturated rings. The second-order valence-corrected chi connectivity index (χ2v) is 4.54. The maximum absolute atomic E-state index is 10.9. The first kappa shape index (κ1) is 11.5. The number of aliphatic carboxylic acids is 1. The molecule has 0 spiro atoms. The molecule has 2 aliphatic heterocycles. The number of hydrogen-bond donors (Lipinski definition) is 3. The molecule has 1 saturated heterocycles. The van der Waals surface area contributed by atoms with Crippen molar-refractivity contribution in [3.05, 3.63) is 29.8 Å². The lowest BCUT2D eigenvalue weighted by molar-refractivity contribution is -0.140. The van der Waals surface area contributed by atoms with Gasteiger partial charge in [0.05, 0.1) is 0 Å². The van der Waals surface area contributed by atoms with E-state index in [1.165, 1.54) is 0 Å².